The molecule has 0 aromatic heterocycles. The van der Waals surface area contributed by atoms with Crippen LogP contribution in [0.5, 0.6) is 0 Å². The van der Waals surface area contributed by atoms with Crippen LogP contribution in [-0.4, -0.2) is 31.7 Å². The fraction of sp³-hybridized carbons (Fsp3) is 0.235. The summed E-state index contributed by atoms with van der Waals surface area (Å²) < 4.78 is 26.8. The molecular weight excluding hydrogens is 383 g/mol. The first-order valence-corrected chi connectivity index (χ1v) is 9.94. The van der Waals surface area contributed by atoms with Crippen molar-refractivity contribution < 1.29 is 13.2 Å². The van der Waals surface area contributed by atoms with Gasteiger partial charge in [0.25, 0.3) is 5.91 Å². The molecule has 5 nitrogen and oxygen atoms in total. The van der Waals surface area contributed by atoms with Crippen molar-refractivity contribution in [1.82, 2.24) is 4.31 Å². The number of halogens is 2. The molecule has 0 saturated carbocycles. The third-order valence-corrected chi connectivity index (χ3v) is 6.57. The Balaban J connectivity index is 1.89. The molecule has 0 unspecified atom stereocenters. The zero-order chi connectivity index (χ0) is 18.0. The monoisotopic (exact) mass is 398 g/mol. The van der Waals surface area contributed by atoms with Crippen molar-refractivity contribution in [3.8, 4) is 0 Å². The lowest BCUT2D eigenvalue weighted by Gasteiger charge is -2.17. The highest BCUT2D eigenvalue weighted by Gasteiger charge is 2.29. The maximum Gasteiger partial charge on any atom is 0.255 e. The Morgan fingerprint density at radius 2 is 1.76 bits per heavy atom. The standard InChI is InChI=1S/C17H16Cl2N2O3S/c18-13-4-3-5-14(11-13)20-17(22)12-6-7-15(19)16(10-12)25(23,24)21-8-1-2-9-21/h3-7,10-11H,1-2,8-9H2,(H,20,22). The minimum atomic E-state index is -3.70. The average Bonchev–Trinajstić information content (AvgIpc) is 3.10. The van der Waals surface area contributed by atoms with Crippen molar-refractivity contribution in [1.29, 1.82) is 0 Å². The maximum absolute atomic E-state index is 12.7. The molecule has 8 heteroatoms. The molecule has 1 aliphatic rings. The van der Waals surface area contributed by atoms with Crippen LogP contribution >= 0.6 is 23.2 Å². The van der Waals surface area contributed by atoms with Crippen LogP contribution in [0.2, 0.25) is 10.0 Å². The Hall–Kier alpha value is -1.60. The van der Waals surface area contributed by atoms with Crippen LogP contribution in [0.15, 0.2) is 47.4 Å². The Labute approximate surface area is 156 Å². The van der Waals surface area contributed by atoms with Crippen molar-refractivity contribution in [2.45, 2.75) is 17.7 Å². The summed E-state index contributed by atoms with van der Waals surface area (Å²) in [5.74, 6) is -0.434. The summed E-state index contributed by atoms with van der Waals surface area (Å²) in [7, 11) is -3.70. The molecule has 2 aromatic carbocycles. The van der Waals surface area contributed by atoms with Gasteiger partial charge in [0.05, 0.1) is 5.02 Å². The quantitative estimate of drug-likeness (QED) is 0.844. The summed E-state index contributed by atoms with van der Waals surface area (Å²) in [5.41, 5.74) is 0.735. The summed E-state index contributed by atoms with van der Waals surface area (Å²) >= 11 is 12.0. The van der Waals surface area contributed by atoms with E-state index < -0.39 is 15.9 Å². The molecule has 0 spiro atoms. The Bertz CT molecular complexity index is 910. The van der Waals surface area contributed by atoms with Crippen LogP contribution in [0, 0.1) is 0 Å². The predicted octanol–water partition coefficient (Wildman–Crippen LogP) is 4.03. The largest absolute Gasteiger partial charge is 0.322 e. The molecule has 2 aromatic rings. The number of nitrogens with zero attached hydrogens (tertiary/aromatic N) is 1. The molecule has 1 aliphatic heterocycles. The van der Waals surface area contributed by atoms with Gasteiger partial charge in [-0.2, -0.15) is 4.31 Å². The van der Waals surface area contributed by atoms with Gasteiger partial charge < -0.3 is 5.32 Å². The van der Waals surface area contributed by atoms with Crippen LogP contribution in [0.25, 0.3) is 0 Å². The van der Waals surface area contributed by atoms with Crippen LogP contribution in [0.1, 0.15) is 23.2 Å². The van der Waals surface area contributed by atoms with Gasteiger partial charge in [0.15, 0.2) is 0 Å². The minimum absolute atomic E-state index is 0.0465. The van der Waals surface area contributed by atoms with E-state index in [2.05, 4.69) is 5.32 Å². The average molecular weight is 399 g/mol. The van der Waals surface area contributed by atoms with E-state index >= 15 is 0 Å². The van der Waals surface area contributed by atoms with E-state index in [0.29, 0.717) is 23.8 Å². The highest BCUT2D eigenvalue weighted by atomic mass is 35.5. The number of amides is 1. The Morgan fingerprint density at radius 3 is 2.44 bits per heavy atom. The number of rotatable bonds is 4. The Kier molecular flexibility index (Phi) is 5.34. The van der Waals surface area contributed by atoms with Gasteiger partial charge in [-0.1, -0.05) is 29.3 Å². The molecule has 0 atom stereocenters. The van der Waals surface area contributed by atoms with E-state index in [9.17, 15) is 13.2 Å². The Morgan fingerprint density at radius 1 is 1.04 bits per heavy atom. The number of hydrogen-bond acceptors (Lipinski definition) is 3. The first-order valence-electron chi connectivity index (χ1n) is 7.74. The second-order valence-electron chi connectivity index (χ2n) is 5.72. The first kappa shape index (κ1) is 18.2. The summed E-state index contributed by atoms with van der Waals surface area (Å²) in [4.78, 5) is 12.4. The topological polar surface area (TPSA) is 66.5 Å². The molecule has 25 heavy (non-hydrogen) atoms. The lowest BCUT2D eigenvalue weighted by molar-refractivity contribution is 0.102. The molecule has 1 heterocycles. The second-order valence-corrected chi connectivity index (χ2v) is 8.47. The number of carbonyl (C=O) groups excluding carboxylic acids is 1. The number of carbonyl (C=O) groups is 1. The number of hydrogen-bond donors (Lipinski definition) is 1. The molecular formula is C17H16Cl2N2O3S. The molecule has 1 N–H and O–H groups in total. The zero-order valence-electron chi connectivity index (χ0n) is 13.2. The lowest BCUT2D eigenvalue weighted by atomic mass is 10.2. The summed E-state index contributed by atoms with van der Waals surface area (Å²) in [5, 5.41) is 3.29. The molecule has 1 fully saturated rings. The van der Waals surface area contributed by atoms with E-state index in [0.717, 1.165) is 12.8 Å². The predicted molar refractivity (Wildman–Crippen MR) is 98.9 cm³/mol. The van der Waals surface area contributed by atoms with Crippen LogP contribution in [0.3, 0.4) is 0 Å². The van der Waals surface area contributed by atoms with Gasteiger partial charge >= 0.3 is 0 Å². The number of benzene rings is 2. The summed E-state index contributed by atoms with van der Waals surface area (Å²) in [6, 6.07) is 10.9. The minimum Gasteiger partial charge on any atom is -0.322 e. The first-order chi connectivity index (χ1) is 11.9. The van der Waals surface area contributed by atoms with Crippen LogP contribution in [-0.2, 0) is 10.0 Å². The molecule has 132 valence electrons. The zero-order valence-corrected chi connectivity index (χ0v) is 15.5. The maximum atomic E-state index is 12.7. The van der Waals surface area contributed by atoms with Crippen molar-refractivity contribution in [3.05, 3.63) is 58.1 Å². The molecule has 0 bridgehead atoms. The van der Waals surface area contributed by atoms with Crippen molar-refractivity contribution >= 4 is 44.8 Å². The second kappa shape index (κ2) is 7.33. The molecule has 1 saturated heterocycles. The SMILES string of the molecule is O=C(Nc1cccc(Cl)c1)c1ccc(Cl)c(S(=O)(=O)N2CCCC2)c1. The fourth-order valence-electron chi connectivity index (χ4n) is 2.68. The van der Waals surface area contributed by atoms with Crippen LogP contribution < -0.4 is 5.32 Å². The van der Waals surface area contributed by atoms with Gasteiger partial charge in [-0.25, -0.2) is 8.42 Å². The summed E-state index contributed by atoms with van der Waals surface area (Å²) in [6.07, 6.45) is 1.65. The number of nitrogens with one attached hydrogen (secondary N) is 1. The smallest absolute Gasteiger partial charge is 0.255 e. The van der Waals surface area contributed by atoms with E-state index in [4.69, 9.17) is 23.2 Å². The third-order valence-electron chi connectivity index (χ3n) is 3.96. The molecule has 0 aliphatic carbocycles. The van der Waals surface area contributed by atoms with Crippen molar-refractivity contribution in [3.63, 3.8) is 0 Å². The van der Waals surface area contributed by atoms with Gasteiger partial charge in [-0.15, -0.1) is 0 Å². The molecule has 1 amide bonds. The van der Waals surface area contributed by atoms with E-state index in [-0.39, 0.29) is 15.5 Å². The van der Waals surface area contributed by atoms with E-state index in [1.165, 1.54) is 22.5 Å². The molecule has 3 rings (SSSR count). The normalized spacial score (nSPS) is 15.3. The van der Waals surface area contributed by atoms with Crippen LogP contribution in [0.4, 0.5) is 5.69 Å². The van der Waals surface area contributed by atoms with Gasteiger partial charge in [0.2, 0.25) is 10.0 Å². The third kappa shape index (κ3) is 3.98. The van der Waals surface area contributed by atoms with Gasteiger partial charge in [-0.05, 0) is 49.2 Å². The summed E-state index contributed by atoms with van der Waals surface area (Å²) in [6.45, 7) is 0.940. The van der Waals surface area contributed by atoms with E-state index in [1.54, 1.807) is 24.3 Å². The van der Waals surface area contributed by atoms with Crippen molar-refractivity contribution in [2.75, 3.05) is 18.4 Å². The van der Waals surface area contributed by atoms with Crippen molar-refractivity contribution in [2.24, 2.45) is 0 Å². The fourth-order valence-corrected chi connectivity index (χ4v) is 4.89. The number of sulfonamides is 1. The number of anilines is 1. The lowest BCUT2D eigenvalue weighted by Crippen LogP contribution is -2.28. The highest BCUT2D eigenvalue weighted by Crippen LogP contribution is 2.28. The van der Waals surface area contributed by atoms with Gasteiger partial charge in [-0.3, -0.25) is 4.79 Å². The van der Waals surface area contributed by atoms with Gasteiger partial charge in [0.1, 0.15) is 4.90 Å². The van der Waals surface area contributed by atoms with E-state index in [1.807, 2.05) is 0 Å². The van der Waals surface area contributed by atoms with Gasteiger partial charge in [0, 0.05) is 29.4 Å². The molecule has 0 radical (unpaired) electrons. The highest BCUT2D eigenvalue weighted by molar-refractivity contribution is 7.89.